The zero-order valence-corrected chi connectivity index (χ0v) is 11.4. The summed E-state index contributed by atoms with van der Waals surface area (Å²) in [4.78, 5) is 4.61. The highest BCUT2D eigenvalue weighted by atomic mass is 15.3. The van der Waals surface area contributed by atoms with Crippen LogP contribution in [0.15, 0.2) is 30.5 Å². The molecule has 2 aromatic heterocycles. The number of benzene rings is 1. The summed E-state index contributed by atoms with van der Waals surface area (Å²) in [5, 5.41) is 7.80. The van der Waals surface area contributed by atoms with Crippen LogP contribution in [0.5, 0.6) is 0 Å². The summed E-state index contributed by atoms with van der Waals surface area (Å²) in [6.45, 7) is 2.10. The van der Waals surface area contributed by atoms with Gasteiger partial charge >= 0.3 is 0 Å². The van der Waals surface area contributed by atoms with Crippen LogP contribution in [0, 0.1) is 0 Å². The van der Waals surface area contributed by atoms with E-state index in [4.69, 9.17) is 0 Å². The first-order valence-corrected chi connectivity index (χ1v) is 6.40. The number of anilines is 2. The monoisotopic (exact) mass is 255 g/mol. The average Bonchev–Trinajstić information content (AvgIpc) is 2.92. The highest BCUT2D eigenvalue weighted by Crippen LogP contribution is 2.23. The lowest BCUT2D eigenvalue weighted by atomic mass is 10.3. The van der Waals surface area contributed by atoms with Crippen molar-refractivity contribution in [3.63, 3.8) is 0 Å². The largest absolute Gasteiger partial charge is 0.323 e. The van der Waals surface area contributed by atoms with E-state index in [2.05, 4.69) is 33.0 Å². The van der Waals surface area contributed by atoms with E-state index in [0.717, 1.165) is 34.8 Å². The molecule has 5 heteroatoms. The normalized spacial score (nSPS) is 11.1. The predicted molar refractivity (Wildman–Crippen MR) is 76.6 cm³/mol. The van der Waals surface area contributed by atoms with Gasteiger partial charge in [-0.05, 0) is 18.6 Å². The zero-order chi connectivity index (χ0) is 13.4. The number of hydrogen-bond donors (Lipinski definition) is 1. The van der Waals surface area contributed by atoms with E-state index < -0.39 is 0 Å². The van der Waals surface area contributed by atoms with Gasteiger partial charge in [0.25, 0.3) is 0 Å². The van der Waals surface area contributed by atoms with Gasteiger partial charge in [0.05, 0.1) is 22.4 Å². The molecule has 0 aliphatic carbocycles. The smallest absolute Gasteiger partial charge is 0.208 e. The maximum absolute atomic E-state index is 4.61. The second-order valence-corrected chi connectivity index (χ2v) is 4.62. The first-order valence-electron chi connectivity index (χ1n) is 6.40. The topological polar surface area (TPSA) is 47.7 Å². The Bertz CT molecular complexity index is 723. The Morgan fingerprint density at radius 3 is 2.74 bits per heavy atom. The molecule has 0 radical (unpaired) electrons. The van der Waals surface area contributed by atoms with E-state index in [0.29, 0.717) is 0 Å². The molecule has 98 valence electrons. The van der Waals surface area contributed by atoms with Crippen LogP contribution >= 0.6 is 0 Å². The SMILES string of the molecule is CCc1nn(C)cc1Nc1nc2ccccc2n1C. The van der Waals surface area contributed by atoms with E-state index in [1.54, 1.807) is 0 Å². The molecule has 0 unspecified atom stereocenters. The number of hydrogen-bond acceptors (Lipinski definition) is 3. The summed E-state index contributed by atoms with van der Waals surface area (Å²) in [5.74, 6) is 0.837. The molecule has 0 atom stereocenters. The van der Waals surface area contributed by atoms with Crippen LogP contribution in [0.4, 0.5) is 11.6 Å². The molecule has 1 aromatic carbocycles. The summed E-state index contributed by atoms with van der Waals surface area (Å²) >= 11 is 0. The van der Waals surface area contributed by atoms with Crippen molar-refractivity contribution >= 4 is 22.7 Å². The molecule has 0 saturated heterocycles. The van der Waals surface area contributed by atoms with Gasteiger partial charge in [-0.3, -0.25) is 4.68 Å². The van der Waals surface area contributed by atoms with Gasteiger partial charge in [-0.25, -0.2) is 4.98 Å². The number of aromatic nitrogens is 4. The van der Waals surface area contributed by atoms with Crippen LogP contribution in [0.25, 0.3) is 11.0 Å². The third kappa shape index (κ3) is 1.97. The van der Waals surface area contributed by atoms with E-state index in [1.807, 2.05) is 43.2 Å². The molecule has 19 heavy (non-hydrogen) atoms. The second kappa shape index (κ2) is 4.42. The minimum atomic E-state index is 0.837. The highest BCUT2D eigenvalue weighted by Gasteiger charge is 2.11. The van der Waals surface area contributed by atoms with E-state index in [9.17, 15) is 0 Å². The number of nitrogens with zero attached hydrogens (tertiary/aromatic N) is 4. The molecule has 0 bridgehead atoms. The van der Waals surface area contributed by atoms with Gasteiger partial charge in [-0.2, -0.15) is 5.10 Å². The minimum absolute atomic E-state index is 0.837. The Morgan fingerprint density at radius 2 is 2.00 bits per heavy atom. The Hall–Kier alpha value is -2.30. The number of aryl methyl sites for hydroxylation is 3. The van der Waals surface area contributed by atoms with Gasteiger partial charge in [0, 0.05) is 20.3 Å². The fourth-order valence-corrected chi connectivity index (χ4v) is 2.28. The molecule has 1 N–H and O–H groups in total. The van der Waals surface area contributed by atoms with Gasteiger partial charge in [0.15, 0.2) is 0 Å². The van der Waals surface area contributed by atoms with Crippen molar-refractivity contribution in [2.24, 2.45) is 14.1 Å². The summed E-state index contributed by atoms with van der Waals surface area (Å²) < 4.78 is 3.88. The number of fused-ring (bicyclic) bond motifs is 1. The van der Waals surface area contributed by atoms with Crippen LogP contribution in [-0.2, 0) is 20.5 Å². The van der Waals surface area contributed by atoms with Crippen molar-refractivity contribution in [3.05, 3.63) is 36.2 Å². The van der Waals surface area contributed by atoms with Crippen LogP contribution in [0.3, 0.4) is 0 Å². The second-order valence-electron chi connectivity index (χ2n) is 4.62. The van der Waals surface area contributed by atoms with Crippen LogP contribution in [0.2, 0.25) is 0 Å². The van der Waals surface area contributed by atoms with Gasteiger partial charge in [-0.1, -0.05) is 19.1 Å². The maximum Gasteiger partial charge on any atom is 0.208 e. The fraction of sp³-hybridized carbons (Fsp3) is 0.286. The molecule has 3 rings (SSSR count). The molecular weight excluding hydrogens is 238 g/mol. The molecular formula is C14H17N5. The van der Waals surface area contributed by atoms with Gasteiger partial charge in [-0.15, -0.1) is 0 Å². The lowest BCUT2D eigenvalue weighted by molar-refractivity contribution is 0.746. The van der Waals surface area contributed by atoms with Crippen LogP contribution in [-0.4, -0.2) is 19.3 Å². The van der Waals surface area contributed by atoms with E-state index in [-0.39, 0.29) is 0 Å². The summed E-state index contributed by atoms with van der Waals surface area (Å²) in [7, 11) is 3.94. The Morgan fingerprint density at radius 1 is 1.21 bits per heavy atom. The quantitative estimate of drug-likeness (QED) is 0.782. The van der Waals surface area contributed by atoms with Crippen LogP contribution < -0.4 is 5.32 Å². The van der Waals surface area contributed by atoms with Crippen LogP contribution in [0.1, 0.15) is 12.6 Å². The summed E-state index contributed by atoms with van der Waals surface area (Å²) in [5.41, 5.74) is 4.18. The van der Waals surface area contributed by atoms with E-state index in [1.165, 1.54) is 0 Å². The molecule has 0 aliphatic heterocycles. The third-order valence-corrected chi connectivity index (χ3v) is 3.27. The lowest BCUT2D eigenvalue weighted by Gasteiger charge is -2.05. The Kier molecular flexibility index (Phi) is 2.74. The number of nitrogens with one attached hydrogen (secondary N) is 1. The van der Waals surface area contributed by atoms with Crippen molar-refractivity contribution in [2.45, 2.75) is 13.3 Å². The summed E-state index contributed by atoms with van der Waals surface area (Å²) in [6.07, 6.45) is 2.88. The summed E-state index contributed by atoms with van der Waals surface area (Å²) in [6, 6.07) is 8.11. The average molecular weight is 255 g/mol. The first-order chi connectivity index (χ1) is 9.19. The number of rotatable bonds is 3. The maximum atomic E-state index is 4.61. The van der Waals surface area contributed by atoms with Crippen molar-refractivity contribution in [2.75, 3.05) is 5.32 Å². The zero-order valence-electron chi connectivity index (χ0n) is 11.4. The van der Waals surface area contributed by atoms with E-state index >= 15 is 0 Å². The Labute approximate surface area is 111 Å². The first kappa shape index (κ1) is 11.8. The van der Waals surface area contributed by atoms with Gasteiger partial charge in [0.2, 0.25) is 5.95 Å². The molecule has 0 saturated carbocycles. The molecule has 2 heterocycles. The highest BCUT2D eigenvalue weighted by molar-refractivity contribution is 5.79. The molecule has 0 fully saturated rings. The lowest BCUT2D eigenvalue weighted by Crippen LogP contribution is -2.00. The molecule has 3 aromatic rings. The van der Waals surface area contributed by atoms with Crippen molar-refractivity contribution in [3.8, 4) is 0 Å². The third-order valence-electron chi connectivity index (χ3n) is 3.27. The predicted octanol–water partition coefficient (Wildman–Crippen LogP) is 2.61. The van der Waals surface area contributed by atoms with Crippen molar-refractivity contribution < 1.29 is 0 Å². The Balaban J connectivity index is 2.03. The number of para-hydroxylation sites is 2. The fourth-order valence-electron chi connectivity index (χ4n) is 2.28. The molecule has 0 aliphatic rings. The number of imidazole rings is 1. The van der Waals surface area contributed by atoms with Gasteiger partial charge < -0.3 is 9.88 Å². The molecule has 0 amide bonds. The van der Waals surface area contributed by atoms with Crippen molar-refractivity contribution in [1.82, 2.24) is 19.3 Å². The molecule has 5 nitrogen and oxygen atoms in total. The van der Waals surface area contributed by atoms with Gasteiger partial charge in [0.1, 0.15) is 0 Å². The van der Waals surface area contributed by atoms with Crippen molar-refractivity contribution in [1.29, 1.82) is 0 Å². The molecule has 0 spiro atoms. The minimum Gasteiger partial charge on any atom is -0.323 e. The standard InChI is InChI=1S/C14H17N5/c1-4-10-12(9-18(2)17-10)16-14-15-11-7-5-6-8-13(11)19(14)3/h5-9H,4H2,1-3H3,(H,15,16).